The van der Waals surface area contributed by atoms with Crippen LogP contribution in [0.2, 0.25) is 0 Å². The maximum absolute atomic E-state index is 12.1. The topological polar surface area (TPSA) is 78.1 Å². The molecule has 0 atom stereocenters. The lowest BCUT2D eigenvalue weighted by Crippen LogP contribution is -2.13. The van der Waals surface area contributed by atoms with Gasteiger partial charge in [0.25, 0.3) is 0 Å². The Balaban J connectivity index is 2.68. The van der Waals surface area contributed by atoms with Crippen LogP contribution in [0.25, 0.3) is 11.3 Å². The van der Waals surface area contributed by atoms with Crippen LogP contribution in [0.5, 0.6) is 0 Å². The van der Waals surface area contributed by atoms with Crippen molar-refractivity contribution in [3.8, 4) is 11.3 Å². The van der Waals surface area contributed by atoms with Crippen LogP contribution >= 0.6 is 15.9 Å². The highest BCUT2D eigenvalue weighted by Gasteiger charge is 2.21. The number of hydrogen-bond acceptors (Lipinski definition) is 5. The van der Waals surface area contributed by atoms with Crippen molar-refractivity contribution in [2.24, 2.45) is 0 Å². The average Bonchev–Trinajstić information content (AvgIpc) is 2.38. The lowest BCUT2D eigenvalue weighted by Gasteiger charge is -2.12. The second-order valence-electron chi connectivity index (χ2n) is 4.09. The first-order chi connectivity index (χ1) is 9.54. The minimum atomic E-state index is -0.448. The van der Waals surface area contributed by atoms with E-state index in [4.69, 9.17) is 10.5 Å². The van der Waals surface area contributed by atoms with Gasteiger partial charge in [0.1, 0.15) is 5.56 Å². The summed E-state index contributed by atoms with van der Waals surface area (Å²) in [6.07, 6.45) is 0. The Labute approximate surface area is 125 Å². The van der Waals surface area contributed by atoms with Crippen molar-refractivity contribution in [1.29, 1.82) is 0 Å². The van der Waals surface area contributed by atoms with Crippen LogP contribution in [0, 0.1) is 6.92 Å². The second kappa shape index (κ2) is 6.00. The van der Waals surface area contributed by atoms with Crippen molar-refractivity contribution < 1.29 is 9.53 Å². The first-order valence-corrected chi connectivity index (χ1v) is 6.90. The van der Waals surface area contributed by atoms with Crippen LogP contribution < -0.4 is 5.73 Å². The molecule has 2 rings (SSSR count). The third-order valence-corrected chi connectivity index (χ3v) is 3.41. The number of nitrogens with two attached hydrogens (primary N) is 1. The molecular weight excluding hydrogens is 322 g/mol. The van der Waals surface area contributed by atoms with E-state index in [1.165, 1.54) is 0 Å². The van der Waals surface area contributed by atoms with E-state index < -0.39 is 5.97 Å². The zero-order valence-corrected chi connectivity index (χ0v) is 12.8. The zero-order valence-electron chi connectivity index (χ0n) is 11.2. The predicted molar refractivity (Wildman–Crippen MR) is 80.3 cm³/mol. The molecule has 2 aromatic rings. The first-order valence-electron chi connectivity index (χ1n) is 6.10. The number of carbonyl (C=O) groups is 1. The fraction of sp³-hybridized carbons (Fsp3) is 0.214. The number of halogens is 1. The number of benzene rings is 1. The molecule has 0 fully saturated rings. The molecule has 0 aliphatic heterocycles. The number of aryl methyl sites for hydroxylation is 1. The lowest BCUT2D eigenvalue weighted by atomic mass is 10.0. The maximum Gasteiger partial charge on any atom is 0.342 e. The standard InChI is InChI=1S/C14H14BrN3O2/c1-3-20-13(19)11-8(2)17-14(16)18-12(11)9-6-4-5-7-10(9)15/h4-7H,3H2,1-2H3,(H2,16,17,18). The number of aromatic nitrogens is 2. The molecule has 0 unspecified atom stereocenters. The highest BCUT2D eigenvalue weighted by atomic mass is 79.9. The van der Waals surface area contributed by atoms with E-state index in [2.05, 4.69) is 25.9 Å². The van der Waals surface area contributed by atoms with Crippen molar-refractivity contribution in [2.75, 3.05) is 12.3 Å². The molecule has 1 heterocycles. The van der Waals surface area contributed by atoms with Gasteiger partial charge in [0.2, 0.25) is 5.95 Å². The average molecular weight is 336 g/mol. The third kappa shape index (κ3) is 2.80. The van der Waals surface area contributed by atoms with Crippen LogP contribution in [0.3, 0.4) is 0 Å². The minimum Gasteiger partial charge on any atom is -0.462 e. The predicted octanol–water partition coefficient (Wildman–Crippen LogP) is 2.97. The smallest absolute Gasteiger partial charge is 0.342 e. The molecular formula is C14H14BrN3O2. The second-order valence-corrected chi connectivity index (χ2v) is 4.95. The fourth-order valence-electron chi connectivity index (χ4n) is 1.89. The van der Waals surface area contributed by atoms with Gasteiger partial charge in [0, 0.05) is 10.0 Å². The number of nitrogens with zero attached hydrogens (tertiary/aromatic N) is 2. The van der Waals surface area contributed by atoms with Gasteiger partial charge >= 0.3 is 5.97 Å². The zero-order chi connectivity index (χ0) is 14.7. The van der Waals surface area contributed by atoms with Crippen molar-refractivity contribution >= 4 is 27.8 Å². The van der Waals surface area contributed by atoms with Crippen molar-refractivity contribution in [3.05, 3.63) is 40.0 Å². The van der Waals surface area contributed by atoms with E-state index in [0.29, 0.717) is 17.0 Å². The molecule has 0 aliphatic rings. The normalized spacial score (nSPS) is 10.3. The van der Waals surface area contributed by atoms with E-state index in [1.54, 1.807) is 13.8 Å². The molecule has 0 spiro atoms. The number of ether oxygens (including phenoxy) is 1. The SMILES string of the molecule is CCOC(=O)c1c(C)nc(N)nc1-c1ccccc1Br. The maximum atomic E-state index is 12.1. The molecule has 0 saturated carbocycles. The highest BCUT2D eigenvalue weighted by molar-refractivity contribution is 9.10. The molecule has 20 heavy (non-hydrogen) atoms. The van der Waals surface area contributed by atoms with Gasteiger partial charge in [-0.3, -0.25) is 0 Å². The summed E-state index contributed by atoms with van der Waals surface area (Å²) in [5, 5.41) is 0. The van der Waals surface area contributed by atoms with Crippen LogP contribution in [0.4, 0.5) is 5.95 Å². The van der Waals surface area contributed by atoms with Gasteiger partial charge in [-0.25, -0.2) is 14.8 Å². The number of carbonyl (C=O) groups excluding carboxylic acids is 1. The van der Waals surface area contributed by atoms with Crippen molar-refractivity contribution in [1.82, 2.24) is 9.97 Å². The molecule has 6 heteroatoms. The van der Waals surface area contributed by atoms with Gasteiger partial charge < -0.3 is 10.5 Å². The number of nitrogen functional groups attached to an aromatic ring is 1. The Morgan fingerprint density at radius 1 is 1.35 bits per heavy atom. The van der Waals surface area contributed by atoms with E-state index in [-0.39, 0.29) is 12.6 Å². The molecule has 2 N–H and O–H groups in total. The summed E-state index contributed by atoms with van der Waals surface area (Å²) in [4.78, 5) is 20.4. The van der Waals surface area contributed by atoms with E-state index in [1.807, 2.05) is 24.3 Å². The number of anilines is 1. The summed E-state index contributed by atoms with van der Waals surface area (Å²) in [6.45, 7) is 3.76. The summed E-state index contributed by atoms with van der Waals surface area (Å²) >= 11 is 3.45. The Morgan fingerprint density at radius 3 is 2.70 bits per heavy atom. The lowest BCUT2D eigenvalue weighted by molar-refractivity contribution is 0.0525. The molecule has 1 aromatic carbocycles. The molecule has 5 nitrogen and oxygen atoms in total. The third-order valence-electron chi connectivity index (χ3n) is 2.72. The summed E-state index contributed by atoms with van der Waals surface area (Å²) < 4.78 is 5.90. The number of rotatable bonds is 3. The van der Waals surface area contributed by atoms with Crippen molar-refractivity contribution in [2.45, 2.75) is 13.8 Å². The fourth-order valence-corrected chi connectivity index (χ4v) is 2.36. The monoisotopic (exact) mass is 335 g/mol. The quantitative estimate of drug-likeness (QED) is 0.872. The molecule has 0 saturated heterocycles. The molecule has 0 bridgehead atoms. The van der Waals surface area contributed by atoms with Crippen LogP contribution in [-0.2, 0) is 4.74 Å². The summed E-state index contributed by atoms with van der Waals surface area (Å²) in [5.74, 6) is -0.322. The van der Waals surface area contributed by atoms with Crippen LogP contribution in [0.1, 0.15) is 23.0 Å². The van der Waals surface area contributed by atoms with Crippen LogP contribution in [-0.4, -0.2) is 22.5 Å². The van der Waals surface area contributed by atoms with E-state index in [0.717, 1.165) is 10.0 Å². The van der Waals surface area contributed by atoms with Gasteiger partial charge in [-0.05, 0) is 19.9 Å². The Kier molecular flexibility index (Phi) is 4.34. The van der Waals surface area contributed by atoms with Gasteiger partial charge in [0.15, 0.2) is 0 Å². The highest BCUT2D eigenvalue weighted by Crippen LogP contribution is 2.31. The molecule has 0 aliphatic carbocycles. The van der Waals surface area contributed by atoms with Gasteiger partial charge in [0.05, 0.1) is 18.0 Å². The molecule has 0 radical (unpaired) electrons. The first kappa shape index (κ1) is 14.5. The Bertz CT molecular complexity index is 659. The Hall–Kier alpha value is -1.95. The van der Waals surface area contributed by atoms with Gasteiger partial charge in [-0.1, -0.05) is 34.1 Å². The van der Waals surface area contributed by atoms with Gasteiger partial charge in [-0.2, -0.15) is 0 Å². The summed E-state index contributed by atoms with van der Waals surface area (Å²) in [6, 6.07) is 7.48. The number of hydrogen-bond donors (Lipinski definition) is 1. The van der Waals surface area contributed by atoms with Crippen LogP contribution in [0.15, 0.2) is 28.7 Å². The number of esters is 1. The minimum absolute atomic E-state index is 0.126. The largest absolute Gasteiger partial charge is 0.462 e. The Morgan fingerprint density at radius 2 is 2.05 bits per heavy atom. The van der Waals surface area contributed by atoms with Gasteiger partial charge in [-0.15, -0.1) is 0 Å². The molecule has 104 valence electrons. The summed E-state index contributed by atoms with van der Waals surface area (Å²) in [5.41, 5.74) is 7.79. The van der Waals surface area contributed by atoms with E-state index >= 15 is 0 Å². The van der Waals surface area contributed by atoms with Crippen molar-refractivity contribution in [3.63, 3.8) is 0 Å². The summed E-state index contributed by atoms with van der Waals surface area (Å²) in [7, 11) is 0. The molecule has 1 aromatic heterocycles. The molecule has 0 amide bonds. The van der Waals surface area contributed by atoms with E-state index in [9.17, 15) is 4.79 Å².